The Morgan fingerprint density at radius 3 is 2.46 bits per heavy atom. The van der Waals surface area contributed by atoms with Crippen LogP contribution in [0.2, 0.25) is 31.9 Å². The molecule has 26 heavy (non-hydrogen) atoms. The van der Waals surface area contributed by atoms with Crippen molar-refractivity contribution in [1.29, 1.82) is 0 Å². The van der Waals surface area contributed by atoms with Crippen molar-refractivity contribution in [3.8, 4) is 0 Å². The summed E-state index contributed by atoms with van der Waals surface area (Å²) in [5.74, 6) is -0.466. The Bertz CT molecular complexity index is 461. The van der Waals surface area contributed by atoms with Crippen LogP contribution in [0.1, 0.15) is 13.8 Å². The number of hydrogen-bond donors (Lipinski definition) is 0. The number of ether oxygens (including phenoxy) is 2. The first-order chi connectivity index (χ1) is 12.0. The van der Waals surface area contributed by atoms with Gasteiger partial charge >= 0.3 is 11.9 Å². The molecule has 0 aliphatic heterocycles. The zero-order valence-corrected chi connectivity index (χ0v) is 22.8. The maximum atomic E-state index is 11.8. The Balaban J connectivity index is 3.80. The molecule has 0 saturated carbocycles. The first-order valence-corrected chi connectivity index (χ1v) is 19.1. The van der Waals surface area contributed by atoms with Crippen molar-refractivity contribution >= 4 is 60.6 Å². The summed E-state index contributed by atoms with van der Waals surface area (Å²) >= 11 is 1.73. The van der Waals surface area contributed by atoms with Gasteiger partial charge in [-0.15, -0.1) is 0 Å². The van der Waals surface area contributed by atoms with Crippen LogP contribution in [0.15, 0.2) is 12.2 Å². The third kappa shape index (κ3) is 13.9. The first kappa shape index (κ1) is 25.8. The fraction of sp³-hybridized carbons (Fsp3) is 0.733. The van der Waals surface area contributed by atoms with Crippen molar-refractivity contribution < 1.29 is 27.3 Å². The Kier molecular flexibility index (Phi) is 13.8. The van der Waals surface area contributed by atoms with E-state index in [4.69, 9.17) is 17.7 Å². The Morgan fingerprint density at radius 2 is 1.88 bits per heavy atom. The standard InChI is InChI=1S/C15H34O6SSi4/c1-12(2)14(16)18-9-19-15(17)13(3)8-22-10-23-21-26(6,7)11-24-20-25(4)5/h13,25H,1,8-11,23-24H2,2-7H3. The second-order valence-electron chi connectivity index (χ2n) is 7.05. The molecule has 1 atom stereocenters. The summed E-state index contributed by atoms with van der Waals surface area (Å²) in [6, 6.07) is 0. The van der Waals surface area contributed by atoms with Gasteiger partial charge < -0.3 is 17.7 Å². The number of rotatable bonds is 14. The summed E-state index contributed by atoms with van der Waals surface area (Å²) in [6.07, 6.45) is 0. The lowest BCUT2D eigenvalue weighted by Crippen LogP contribution is -2.35. The molecule has 0 bridgehead atoms. The molecule has 0 fully saturated rings. The van der Waals surface area contributed by atoms with Crippen molar-refractivity contribution in [3.05, 3.63) is 12.2 Å². The van der Waals surface area contributed by atoms with Gasteiger partial charge in [-0.1, -0.05) is 13.5 Å². The zero-order valence-electron chi connectivity index (χ0n) is 17.0. The van der Waals surface area contributed by atoms with Crippen molar-refractivity contribution in [2.75, 3.05) is 17.9 Å². The first-order valence-electron chi connectivity index (χ1n) is 8.87. The fourth-order valence-electron chi connectivity index (χ4n) is 1.72. The predicted molar refractivity (Wildman–Crippen MR) is 119 cm³/mol. The number of carbonyl (C=O) groups is 2. The van der Waals surface area contributed by atoms with E-state index in [1.807, 2.05) is 6.92 Å². The van der Waals surface area contributed by atoms with Gasteiger partial charge in [0.2, 0.25) is 6.79 Å². The fourth-order valence-corrected chi connectivity index (χ4v) is 13.9. The molecule has 0 rings (SSSR count). The summed E-state index contributed by atoms with van der Waals surface area (Å²) in [5, 5.41) is 0.986. The minimum absolute atomic E-state index is 0.236. The zero-order chi connectivity index (χ0) is 20.2. The highest BCUT2D eigenvalue weighted by Gasteiger charge is 2.22. The van der Waals surface area contributed by atoms with E-state index in [0.717, 1.165) is 5.38 Å². The van der Waals surface area contributed by atoms with E-state index in [0.29, 0.717) is 5.75 Å². The van der Waals surface area contributed by atoms with Crippen LogP contribution in [0, 0.1) is 5.92 Å². The third-order valence-corrected chi connectivity index (χ3v) is 19.1. The Hall–Kier alpha value is -0.182. The van der Waals surface area contributed by atoms with Crippen LogP contribution in [0.3, 0.4) is 0 Å². The molecule has 0 spiro atoms. The van der Waals surface area contributed by atoms with E-state index in [-0.39, 0.29) is 24.3 Å². The molecule has 11 heteroatoms. The summed E-state index contributed by atoms with van der Waals surface area (Å²) in [5.41, 5.74) is 1.46. The van der Waals surface area contributed by atoms with Gasteiger partial charge in [-0.25, -0.2) is 4.79 Å². The monoisotopic (exact) mass is 454 g/mol. The Labute approximate surface area is 169 Å². The molecule has 0 radical (unpaired) electrons. The summed E-state index contributed by atoms with van der Waals surface area (Å²) in [7, 11) is -3.41. The molecule has 0 aromatic heterocycles. The summed E-state index contributed by atoms with van der Waals surface area (Å²) in [4.78, 5) is 23.0. The number of hydrogen-bond acceptors (Lipinski definition) is 7. The van der Waals surface area contributed by atoms with Crippen LogP contribution in [0.4, 0.5) is 0 Å². The maximum Gasteiger partial charge on any atom is 0.335 e. The van der Waals surface area contributed by atoms with Crippen molar-refractivity contribution in [1.82, 2.24) is 0 Å². The number of carbonyl (C=O) groups excluding carboxylic acids is 2. The second-order valence-corrected chi connectivity index (χ2v) is 20.3. The van der Waals surface area contributed by atoms with E-state index in [9.17, 15) is 9.59 Å². The van der Waals surface area contributed by atoms with Gasteiger partial charge in [0.1, 0.15) is 9.76 Å². The highest BCUT2D eigenvalue weighted by molar-refractivity contribution is 8.00. The largest absolute Gasteiger partial charge is 0.463 e. The predicted octanol–water partition coefficient (Wildman–Crippen LogP) is 1.28. The van der Waals surface area contributed by atoms with Gasteiger partial charge in [0, 0.05) is 16.7 Å². The molecule has 0 aromatic rings. The molecule has 1 unspecified atom stereocenters. The van der Waals surface area contributed by atoms with Crippen LogP contribution in [-0.2, 0) is 27.3 Å². The lowest BCUT2D eigenvalue weighted by atomic mass is 10.2. The van der Waals surface area contributed by atoms with Crippen LogP contribution in [0.5, 0.6) is 0 Å². The van der Waals surface area contributed by atoms with E-state index >= 15 is 0 Å². The molecule has 0 amide bonds. The van der Waals surface area contributed by atoms with Gasteiger partial charge in [0.15, 0.2) is 27.1 Å². The number of thioether (sulfide) groups is 1. The lowest BCUT2D eigenvalue weighted by Gasteiger charge is -2.23. The molecule has 0 aromatic carbocycles. The summed E-state index contributed by atoms with van der Waals surface area (Å²) in [6.45, 7) is 15.4. The van der Waals surface area contributed by atoms with Gasteiger partial charge in [-0.05, 0) is 38.8 Å². The number of esters is 2. The third-order valence-electron chi connectivity index (χ3n) is 3.39. The lowest BCUT2D eigenvalue weighted by molar-refractivity contribution is -0.166. The smallest absolute Gasteiger partial charge is 0.335 e. The van der Waals surface area contributed by atoms with E-state index < -0.39 is 42.9 Å². The molecule has 0 heterocycles. The highest BCUT2D eigenvalue weighted by Crippen LogP contribution is 2.13. The minimum Gasteiger partial charge on any atom is -0.463 e. The average Bonchev–Trinajstić information content (AvgIpc) is 2.53. The topological polar surface area (TPSA) is 71.1 Å². The van der Waals surface area contributed by atoms with Crippen LogP contribution < -0.4 is 0 Å². The van der Waals surface area contributed by atoms with E-state index in [2.05, 4.69) is 32.8 Å². The molecule has 152 valence electrons. The van der Waals surface area contributed by atoms with Crippen molar-refractivity contribution in [2.24, 2.45) is 5.92 Å². The molecule has 0 N–H and O–H groups in total. The molecular formula is C15H34O6SSi4. The Morgan fingerprint density at radius 1 is 1.23 bits per heavy atom. The van der Waals surface area contributed by atoms with Crippen LogP contribution in [0.25, 0.3) is 0 Å². The normalized spacial score (nSPS) is 13.7. The van der Waals surface area contributed by atoms with E-state index in [1.54, 1.807) is 18.7 Å². The van der Waals surface area contributed by atoms with Gasteiger partial charge in [-0.2, -0.15) is 11.8 Å². The molecule has 0 aliphatic rings. The van der Waals surface area contributed by atoms with E-state index in [1.165, 1.54) is 5.67 Å². The average molecular weight is 455 g/mol. The van der Waals surface area contributed by atoms with Crippen molar-refractivity contribution in [2.45, 2.75) is 45.7 Å². The van der Waals surface area contributed by atoms with Crippen LogP contribution in [-0.4, -0.2) is 66.7 Å². The second kappa shape index (κ2) is 13.9. The highest BCUT2D eigenvalue weighted by atomic mass is 32.2. The molecule has 0 saturated heterocycles. The molecule has 0 aliphatic carbocycles. The maximum absolute atomic E-state index is 11.8. The van der Waals surface area contributed by atoms with Gasteiger partial charge in [0.25, 0.3) is 0 Å². The molecule has 6 nitrogen and oxygen atoms in total. The minimum atomic E-state index is -1.55. The quantitative estimate of drug-likeness (QED) is 0.129. The van der Waals surface area contributed by atoms with Gasteiger partial charge in [-0.3, -0.25) is 4.79 Å². The van der Waals surface area contributed by atoms with Crippen LogP contribution >= 0.6 is 11.8 Å². The molecular weight excluding hydrogens is 421 g/mol. The van der Waals surface area contributed by atoms with Gasteiger partial charge in [0.05, 0.1) is 5.92 Å². The summed E-state index contributed by atoms with van der Waals surface area (Å²) < 4.78 is 21.8. The van der Waals surface area contributed by atoms with Crippen molar-refractivity contribution in [3.63, 3.8) is 0 Å². The SMILES string of the molecule is C=C(C)C(=O)OCOC(=O)C(C)CSC[SiH2]O[Si](C)(C)C[SiH2]O[SiH](C)C.